The Morgan fingerprint density at radius 3 is 2.37 bits per heavy atom. The molecule has 0 unspecified atom stereocenters. The first-order valence-corrected chi connectivity index (χ1v) is 15.6. The average Bonchev–Trinajstić information content (AvgIpc) is 3.63. The van der Waals surface area contributed by atoms with E-state index in [-0.39, 0.29) is 16.4 Å². The smallest absolute Gasteiger partial charge is 0.346 e. The minimum atomic E-state index is -1.27. The van der Waals surface area contributed by atoms with Crippen molar-refractivity contribution in [3.63, 3.8) is 0 Å². The molecule has 2 aliphatic heterocycles. The zero-order valence-corrected chi connectivity index (χ0v) is 25.9. The van der Waals surface area contributed by atoms with Crippen LogP contribution < -0.4 is 10.5 Å². The molecule has 0 atom stereocenters. The zero-order chi connectivity index (χ0) is 30.7. The molecule has 0 spiro atoms. The van der Waals surface area contributed by atoms with E-state index >= 15 is 0 Å². The Kier molecular flexibility index (Phi) is 6.92. The third kappa shape index (κ3) is 4.99. The molecule has 4 aromatic rings. The molecule has 0 saturated heterocycles. The van der Waals surface area contributed by atoms with Crippen molar-refractivity contribution in [1.29, 1.82) is 10.5 Å². The molecule has 0 fully saturated rings. The minimum absolute atomic E-state index is 0.0131. The van der Waals surface area contributed by atoms with E-state index in [1.807, 2.05) is 24.3 Å². The standard InChI is InChI=1S/C34H29N3O4S2/c1-33(2)9-11-37-12-10-34(3,4)28-29(37)24(33)16-19-13-20(32(40)41-30(19)28)14-21(17-35)25-7-8-27(43-25)26-6-5-23(42-26)15-22(18-36)31(38)39/h5-8,13-16H,9-12H2,1-4H3,(H,38,39)/b21-14+,22-15-. The summed E-state index contributed by atoms with van der Waals surface area (Å²) in [4.78, 5) is 30.1. The number of nitrogens with zero attached hydrogens (tertiary/aromatic N) is 3. The molecular weight excluding hydrogens is 579 g/mol. The number of hydrogen-bond donors (Lipinski definition) is 1. The lowest BCUT2D eigenvalue weighted by atomic mass is 9.69. The maximum atomic E-state index is 13.4. The fourth-order valence-electron chi connectivity index (χ4n) is 6.04. The van der Waals surface area contributed by atoms with Crippen LogP contribution in [0.2, 0.25) is 0 Å². The predicted octanol–water partition coefficient (Wildman–Crippen LogP) is 7.81. The van der Waals surface area contributed by atoms with Crippen LogP contribution in [0.4, 0.5) is 5.69 Å². The second-order valence-corrected chi connectivity index (χ2v) is 14.5. The Labute approximate surface area is 257 Å². The molecule has 216 valence electrons. The van der Waals surface area contributed by atoms with Gasteiger partial charge in [-0.15, -0.1) is 22.7 Å². The van der Waals surface area contributed by atoms with Gasteiger partial charge in [0, 0.05) is 49.2 Å². The molecule has 2 aliphatic rings. The molecule has 1 N–H and O–H groups in total. The van der Waals surface area contributed by atoms with E-state index in [0.717, 1.165) is 46.6 Å². The first-order chi connectivity index (χ1) is 20.4. The maximum Gasteiger partial charge on any atom is 0.346 e. The van der Waals surface area contributed by atoms with E-state index in [0.29, 0.717) is 26.5 Å². The summed E-state index contributed by atoms with van der Waals surface area (Å²) in [6, 6.07) is 15.3. The van der Waals surface area contributed by atoms with Gasteiger partial charge in [-0.1, -0.05) is 27.7 Å². The molecule has 6 rings (SSSR count). The summed E-state index contributed by atoms with van der Waals surface area (Å²) in [5.74, 6) is -1.27. The lowest BCUT2D eigenvalue weighted by Crippen LogP contribution is -2.44. The Hall–Kier alpha value is -4.44. The van der Waals surface area contributed by atoms with Gasteiger partial charge in [0.2, 0.25) is 0 Å². The van der Waals surface area contributed by atoms with Gasteiger partial charge in [-0.05, 0) is 77.8 Å². The number of thiophene rings is 2. The molecule has 9 heteroatoms. The van der Waals surface area contributed by atoms with Crippen molar-refractivity contribution >= 4 is 63.0 Å². The van der Waals surface area contributed by atoms with Crippen LogP contribution in [0.3, 0.4) is 0 Å². The highest BCUT2D eigenvalue weighted by Gasteiger charge is 2.41. The Morgan fingerprint density at radius 1 is 0.977 bits per heavy atom. The van der Waals surface area contributed by atoms with Gasteiger partial charge in [0.1, 0.15) is 23.3 Å². The molecule has 43 heavy (non-hydrogen) atoms. The molecule has 7 nitrogen and oxygen atoms in total. The molecule has 0 bridgehead atoms. The summed E-state index contributed by atoms with van der Waals surface area (Å²) >= 11 is 2.76. The van der Waals surface area contributed by atoms with E-state index in [1.54, 1.807) is 18.2 Å². The van der Waals surface area contributed by atoms with Gasteiger partial charge >= 0.3 is 11.6 Å². The zero-order valence-electron chi connectivity index (χ0n) is 24.3. The highest BCUT2D eigenvalue weighted by molar-refractivity contribution is 7.23. The molecule has 0 amide bonds. The Balaban J connectivity index is 1.41. The summed E-state index contributed by atoms with van der Waals surface area (Å²) in [6.45, 7) is 11.0. The number of carboxylic acids is 1. The number of rotatable bonds is 5. The van der Waals surface area contributed by atoms with Crippen molar-refractivity contribution in [2.24, 2.45) is 0 Å². The fraction of sp³-hybridized carbons (Fsp3) is 0.294. The molecule has 0 radical (unpaired) electrons. The number of aliphatic carboxylic acids is 1. The number of nitriles is 2. The molecule has 5 heterocycles. The second kappa shape index (κ2) is 10.4. The molecule has 3 aromatic heterocycles. The largest absolute Gasteiger partial charge is 0.477 e. The van der Waals surface area contributed by atoms with Crippen molar-refractivity contribution in [2.45, 2.75) is 51.4 Å². The Bertz CT molecular complexity index is 2020. The SMILES string of the molecule is CC1(C)CCN2CCC(C)(C)c3c2c1cc1cc(/C=C(\C#N)c2ccc(-c4ccc(/C=C(/C#N)C(=O)O)s4)s2)c(=O)oc31. The van der Waals surface area contributed by atoms with Crippen LogP contribution in [0.25, 0.3) is 38.4 Å². The normalized spacial score (nSPS) is 17.3. The van der Waals surface area contributed by atoms with Gasteiger partial charge < -0.3 is 14.4 Å². The van der Waals surface area contributed by atoms with Crippen LogP contribution >= 0.6 is 22.7 Å². The van der Waals surface area contributed by atoms with E-state index in [1.165, 1.54) is 40.0 Å². The first kappa shape index (κ1) is 28.7. The van der Waals surface area contributed by atoms with E-state index in [9.17, 15) is 14.9 Å². The quantitative estimate of drug-likeness (QED) is 0.140. The van der Waals surface area contributed by atoms with Gasteiger partial charge in [0.15, 0.2) is 0 Å². The van der Waals surface area contributed by atoms with Crippen molar-refractivity contribution in [2.75, 3.05) is 18.0 Å². The van der Waals surface area contributed by atoms with Crippen LogP contribution in [0.1, 0.15) is 67.0 Å². The fourth-order valence-corrected chi connectivity index (χ4v) is 8.06. The monoisotopic (exact) mass is 607 g/mol. The average molecular weight is 608 g/mol. The number of anilines is 1. The number of hydrogen-bond acceptors (Lipinski definition) is 8. The summed E-state index contributed by atoms with van der Waals surface area (Å²) in [5.41, 5.74) is 3.94. The van der Waals surface area contributed by atoms with Crippen LogP contribution in [-0.4, -0.2) is 24.2 Å². The number of carboxylic acid groups (broad SMARTS) is 1. The number of carbonyl (C=O) groups is 1. The molecule has 0 aliphatic carbocycles. The third-order valence-corrected chi connectivity index (χ3v) is 10.9. The lowest BCUT2D eigenvalue weighted by molar-refractivity contribution is -0.132. The third-order valence-electron chi connectivity index (χ3n) is 8.56. The molecule has 1 aromatic carbocycles. The van der Waals surface area contributed by atoms with E-state index < -0.39 is 11.6 Å². The first-order valence-electron chi connectivity index (χ1n) is 14.0. The van der Waals surface area contributed by atoms with E-state index in [4.69, 9.17) is 14.8 Å². The highest BCUT2D eigenvalue weighted by Crippen LogP contribution is 2.51. The van der Waals surface area contributed by atoms with E-state index in [2.05, 4.69) is 44.7 Å². The summed E-state index contributed by atoms with van der Waals surface area (Å²) in [5, 5.41) is 29.1. The van der Waals surface area contributed by atoms with Gasteiger partial charge in [-0.25, -0.2) is 9.59 Å². The minimum Gasteiger partial charge on any atom is -0.477 e. The lowest BCUT2D eigenvalue weighted by Gasteiger charge is -2.48. The number of fused-ring (bicyclic) bond motifs is 2. The topological polar surface area (TPSA) is 118 Å². The number of benzene rings is 1. The Morgan fingerprint density at radius 2 is 1.67 bits per heavy atom. The van der Waals surface area contributed by atoms with Gasteiger partial charge in [-0.3, -0.25) is 0 Å². The van der Waals surface area contributed by atoms with Crippen molar-refractivity contribution < 1.29 is 14.3 Å². The summed E-state index contributed by atoms with van der Waals surface area (Å²) in [6.07, 6.45) is 4.97. The van der Waals surface area contributed by atoms with Crippen LogP contribution in [0.5, 0.6) is 0 Å². The van der Waals surface area contributed by atoms with Gasteiger partial charge in [0.05, 0.1) is 11.1 Å². The molecular formula is C34H29N3O4S2. The van der Waals surface area contributed by atoms with Crippen LogP contribution in [-0.2, 0) is 15.6 Å². The van der Waals surface area contributed by atoms with Gasteiger partial charge in [0.25, 0.3) is 0 Å². The van der Waals surface area contributed by atoms with Gasteiger partial charge in [-0.2, -0.15) is 10.5 Å². The van der Waals surface area contributed by atoms with Crippen LogP contribution in [0.15, 0.2) is 51.2 Å². The highest BCUT2D eigenvalue weighted by atomic mass is 32.1. The second-order valence-electron chi connectivity index (χ2n) is 12.3. The molecule has 0 saturated carbocycles. The van der Waals surface area contributed by atoms with Crippen LogP contribution in [0, 0.1) is 22.7 Å². The van der Waals surface area contributed by atoms with Crippen molar-refractivity contribution in [3.05, 3.63) is 78.8 Å². The predicted molar refractivity (Wildman–Crippen MR) is 172 cm³/mol. The van der Waals surface area contributed by atoms with Crippen molar-refractivity contribution in [1.82, 2.24) is 0 Å². The van der Waals surface area contributed by atoms with Crippen molar-refractivity contribution in [3.8, 4) is 21.9 Å². The number of allylic oxidation sites excluding steroid dienone is 1. The summed E-state index contributed by atoms with van der Waals surface area (Å²) in [7, 11) is 0. The summed E-state index contributed by atoms with van der Waals surface area (Å²) < 4.78 is 6.08. The maximum absolute atomic E-state index is 13.4.